The quantitative estimate of drug-likeness (QED) is 0.496. The molecule has 0 spiro atoms. The Hall–Kier alpha value is -2.78. The molecule has 1 aliphatic heterocycles. The van der Waals surface area contributed by atoms with E-state index in [9.17, 15) is 13.9 Å². The SMILES string of the molecule is O[C@@H]1CNCC[C@H]1CNc1cc(Nc2cc(F)cc(F)c2)n2ncc(C3CC3)c2n1. The number of halogens is 2. The first-order chi connectivity index (χ1) is 14.6. The average molecular weight is 414 g/mol. The number of nitrogens with one attached hydrogen (secondary N) is 3. The highest BCUT2D eigenvalue weighted by atomic mass is 19.1. The number of fused-ring (bicyclic) bond motifs is 1. The average Bonchev–Trinajstić information content (AvgIpc) is 3.46. The van der Waals surface area contributed by atoms with Crippen molar-refractivity contribution in [1.29, 1.82) is 0 Å². The van der Waals surface area contributed by atoms with Crippen molar-refractivity contribution in [2.45, 2.75) is 31.3 Å². The molecule has 158 valence electrons. The summed E-state index contributed by atoms with van der Waals surface area (Å²) in [5.74, 6) is 0.474. The van der Waals surface area contributed by atoms with Gasteiger partial charge in [0.05, 0.1) is 12.3 Å². The second-order valence-corrected chi connectivity index (χ2v) is 8.12. The van der Waals surface area contributed by atoms with Crippen LogP contribution >= 0.6 is 0 Å². The third-order valence-corrected chi connectivity index (χ3v) is 5.79. The van der Waals surface area contributed by atoms with Crippen molar-refractivity contribution in [1.82, 2.24) is 19.9 Å². The Balaban J connectivity index is 1.47. The summed E-state index contributed by atoms with van der Waals surface area (Å²) in [4.78, 5) is 4.75. The lowest BCUT2D eigenvalue weighted by molar-refractivity contribution is 0.0883. The van der Waals surface area contributed by atoms with Gasteiger partial charge >= 0.3 is 0 Å². The number of anilines is 3. The number of rotatable bonds is 6. The molecule has 2 atom stereocenters. The van der Waals surface area contributed by atoms with Crippen LogP contribution in [0.15, 0.2) is 30.5 Å². The number of nitrogens with zero attached hydrogens (tertiary/aromatic N) is 3. The monoisotopic (exact) mass is 414 g/mol. The van der Waals surface area contributed by atoms with Crippen LogP contribution in [0.3, 0.4) is 0 Å². The highest BCUT2D eigenvalue weighted by molar-refractivity contribution is 5.66. The summed E-state index contributed by atoms with van der Waals surface area (Å²) in [5.41, 5.74) is 2.10. The van der Waals surface area contributed by atoms with E-state index >= 15 is 0 Å². The normalized spacial score (nSPS) is 21.7. The minimum absolute atomic E-state index is 0.130. The van der Waals surface area contributed by atoms with Crippen LogP contribution < -0.4 is 16.0 Å². The second kappa shape index (κ2) is 7.81. The van der Waals surface area contributed by atoms with E-state index in [1.807, 2.05) is 6.20 Å². The van der Waals surface area contributed by atoms with Gasteiger partial charge in [0.1, 0.15) is 23.3 Å². The Labute approximate surface area is 172 Å². The van der Waals surface area contributed by atoms with Crippen LogP contribution in [-0.2, 0) is 0 Å². The van der Waals surface area contributed by atoms with Crippen LogP contribution in [0.2, 0.25) is 0 Å². The lowest BCUT2D eigenvalue weighted by atomic mass is 9.95. The molecule has 0 unspecified atom stereocenters. The minimum atomic E-state index is -0.653. The summed E-state index contributed by atoms with van der Waals surface area (Å²) in [7, 11) is 0. The predicted molar refractivity (Wildman–Crippen MR) is 110 cm³/mol. The molecule has 5 rings (SSSR count). The Bertz CT molecular complexity index is 1050. The fourth-order valence-corrected chi connectivity index (χ4v) is 3.99. The van der Waals surface area contributed by atoms with Gasteiger partial charge in [0.25, 0.3) is 0 Å². The molecule has 30 heavy (non-hydrogen) atoms. The van der Waals surface area contributed by atoms with E-state index in [1.165, 1.54) is 12.1 Å². The maximum atomic E-state index is 13.6. The maximum absolute atomic E-state index is 13.6. The fourth-order valence-electron chi connectivity index (χ4n) is 3.99. The molecular weight excluding hydrogens is 390 g/mol. The number of aliphatic hydroxyl groups excluding tert-OH is 1. The molecule has 1 aromatic carbocycles. The summed E-state index contributed by atoms with van der Waals surface area (Å²) in [6.07, 6.45) is 4.52. The van der Waals surface area contributed by atoms with E-state index in [4.69, 9.17) is 4.98 Å². The van der Waals surface area contributed by atoms with Crippen molar-refractivity contribution in [3.05, 3.63) is 47.7 Å². The van der Waals surface area contributed by atoms with Gasteiger partial charge in [-0.2, -0.15) is 9.61 Å². The molecule has 3 aromatic rings. The Morgan fingerprint density at radius 1 is 1.13 bits per heavy atom. The summed E-state index contributed by atoms with van der Waals surface area (Å²) in [6.45, 7) is 2.06. The zero-order valence-corrected chi connectivity index (χ0v) is 16.4. The number of hydrogen-bond donors (Lipinski definition) is 4. The van der Waals surface area contributed by atoms with Crippen molar-refractivity contribution in [2.24, 2.45) is 5.92 Å². The molecule has 1 aliphatic carbocycles. The van der Waals surface area contributed by atoms with Crippen molar-refractivity contribution < 1.29 is 13.9 Å². The number of benzene rings is 1. The molecule has 7 nitrogen and oxygen atoms in total. The Kier molecular flexibility index (Phi) is 5.00. The van der Waals surface area contributed by atoms with Crippen LogP contribution in [0.5, 0.6) is 0 Å². The van der Waals surface area contributed by atoms with E-state index in [0.717, 1.165) is 43.1 Å². The van der Waals surface area contributed by atoms with Gasteiger partial charge < -0.3 is 21.1 Å². The van der Waals surface area contributed by atoms with Crippen molar-refractivity contribution in [2.75, 3.05) is 30.3 Å². The van der Waals surface area contributed by atoms with Crippen molar-refractivity contribution in [3.63, 3.8) is 0 Å². The van der Waals surface area contributed by atoms with E-state index in [1.54, 1.807) is 10.6 Å². The molecular formula is C21H24F2N6O. The first kappa shape index (κ1) is 19.2. The van der Waals surface area contributed by atoms with Gasteiger partial charge in [-0.1, -0.05) is 0 Å². The summed E-state index contributed by atoms with van der Waals surface area (Å²) in [5, 5.41) is 24.2. The molecule has 3 heterocycles. The largest absolute Gasteiger partial charge is 0.391 e. The summed E-state index contributed by atoms with van der Waals surface area (Å²) >= 11 is 0. The summed E-state index contributed by atoms with van der Waals surface area (Å²) in [6, 6.07) is 5.08. The highest BCUT2D eigenvalue weighted by Crippen LogP contribution is 2.42. The van der Waals surface area contributed by atoms with Gasteiger partial charge in [0, 0.05) is 42.4 Å². The number of β-amino-alcohol motifs (C(OH)–C–C–N with tert-alkyl or cyclic N) is 1. The smallest absolute Gasteiger partial charge is 0.163 e. The molecule has 4 N–H and O–H groups in total. The van der Waals surface area contributed by atoms with Crippen molar-refractivity contribution in [3.8, 4) is 0 Å². The molecule has 2 aliphatic rings. The van der Waals surface area contributed by atoms with Crippen LogP contribution in [0.25, 0.3) is 5.65 Å². The summed E-state index contributed by atoms with van der Waals surface area (Å²) < 4.78 is 29.0. The van der Waals surface area contributed by atoms with Crippen LogP contribution in [-0.4, -0.2) is 45.4 Å². The van der Waals surface area contributed by atoms with Gasteiger partial charge in [0.15, 0.2) is 5.65 Å². The second-order valence-electron chi connectivity index (χ2n) is 8.12. The van der Waals surface area contributed by atoms with Gasteiger partial charge in [-0.05, 0) is 43.9 Å². The third-order valence-electron chi connectivity index (χ3n) is 5.79. The van der Waals surface area contributed by atoms with E-state index < -0.39 is 17.7 Å². The van der Waals surface area contributed by atoms with E-state index in [2.05, 4.69) is 21.0 Å². The number of piperidine rings is 1. The maximum Gasteiger partial charge on any atom is 0.163 e. The minimum Gasteiger partial charge on any atom is -0.391 e. The molecule has 2 aromatic heterocycles. The molecule has 1 saturated carbocycles. The first-order valence-electron chi connectivity index (χ1n) is 10.3. The molecule has 0 radical (unpaired) electrons. The lowest BCUT2D eigenvalue weighted by Gasteiger charge is -2.28. The molecule has 2 fully saturated rings. The van der Waals surface area contributed by atoms with Gasteiger partial charge in [0.2, 0.25) is 0 Å². The van der Waals surface area contributed by atoms with Crippen molar-refractivity contribution >= 4 is 23.0 Å². The molecule has 9 heteroatoms. The van der Waals surface area contributed by atoms with E-state index in [0.29, 0.717) is 36.3 Å². The standard InChI is InChI=1S/C21H24F2N6O/c22-14-5-15(23)7-16(6-14)27-20-8-19(25-9-13-3-4-24-11-18(13)30)28-21-17(12-1-2-12)10-26-29(20)21/h5-8,10,12-13,18,24,27,30H,1-4,9,11H2,(H,25,28)/t13-,18+/m0/s1. The Morgan fingerprint density at radius 3 is 2.67 bits per heavy atom. The van der Waals surface area contributed by atoms with Crippen LogP contribution in [0, 0.1) is 17.6 Å². The third kappa shape index (κ3) is 3.95. The van der Waals surface area contributed by atoms with Gasteiger partial charge in [-0.3, -0.25) is 0 Å². The predicted octanol–water partition coefficient (Wildman–Crippen LogP) is 3.01. The highest BCUT2D eigenvalue weighted by Gasteiger charge is 2.28. The molecule has 0 bridgehead atoms. The zero-order chi connectivity index (χ0) is 20.7. The lowest BCUT2D eigenvalue weighted by Crippen LogP contribution is -2.43. The zero-order valence-electron chi connectivity index (χ0n) is 16.4. The molecule has 1 saturated heterocycles. The van der Waals surface area contributed by atoms with Gasteiger partial charge in [-0.25, -0.2) is 13.8 Å². The van der Waals surface area contributed by atoms with Crippen LogP contribution in [0.4, 0.5) is 26.1 Å². The molecule has 0 amide bonds. The topological polar surface area (TPSA) is 86.5 Å². The number of hydrogen-bond acceptors (Lipinski definition) is 6. The fraction of sp³-hybridized carbons (Fsp3) is 0.429. The van der Waals surface area contributed by atoms with Crippen LogP contribution in [0.1, 0.15) is 30.7 Å². The number of aromatic nitrogens is 3. The number of aliphatic hydroxyl groups is 1. The first-order valence-corrected chi connectivity index (χ1v) is 10.3. The van der Waals surface area contributed by atoms with Gasteiger partial charge in [-0.15, -0.1) is 0 Å². The Morgan fingerprint density at radius 2 is 1.93 bits per heavy atom. The van der Waals surface area contributed by atoms with E-state index in [-0.39, 0.29) is 5.92 Å².